The lowest BCUT2D eigenvalue weighted by Gasteiger charge is -2.37. The topological polar surface area (TPSA) is 69.9 Å². The maximum Gasteiger partial charge on any atom is 0.406 e. The van der Waals surface area contributed by atoms with E-state index < -0.39 is 24.7 Å². The first kappa shape index (κ1) is 18.9. The van der Waals surface area contributed by atoms with Crippen molar-refractivity contribution in [3.8, 4) is 0 Å². The normalized spacial score (nSPS) is 21.9. The van der Waals surface area contributed by atoms with E-state index in [2.05, 4.69) is 20.1 Å². The molecule has 0 aliphatic carbocycles. The third kappa shape index (κ3) is 3.50. The largest absolute Gasteiger partial charge is 0.406 e. The molecule has 8 nitrogen and oxygen atoms in total. The van der Waals surface area contributed by atoms with Crippen LogP contribution in [0.2, 0.25) is 0 Å². The van der Waals surface area contributed by atoms with Crippen molar-refractivity contribution in [2.75, 3.05) is 44.2 Å². The maximum absolute atomic E-state index is 12.6. The quantitative estimate of drug-likeness (QED) is 0.766. The second kappa shape index (κ2) is 7.19. The standard InChI is InChI=1S/C17H22F3N7O/c1-2-13-22-23-15-14(21-4-6-27(13)15)25-9-7-24(8-10-25)12-3-5-26(16(12)28)11-17(18,19)20/h4,6,12H,2-3,5,7-11H2,1H3. The molecule has 2 aliphatic heterocycles. The van der Waals surface area contributed by atoms with Crippen LogP contribution in [-0.4, -0.2) is 86.8 Å². The second-order valence-electron chi connectivity index (χ2n) is 7.12. The zero-order chi connectivity index (χ0) is 19.9. The van der Waals surface area contributed by atoms with Crippen LogP contribution in [0.1, 0.15) is 19.2 Å². The summed E-state index contributed by atoms with van der Waals surface area (Å²) >= 11 is 0. The lowest BCUT2D eigenvalue weighted by atomic mass is 10.2. The van der Waals surface area contributed by atoms with Crippen LogP contribution in [0.15, 0.2) is 12.4 Å². The first-order chi connectivity index (χ1) is 13.4. The molecule has 0 saturated carbocycles. The number of amides is 1. The smallest absolute Gasteiger partial charge is 0.351 e. The Morgan fingerprint density at radius 2 is 1.89 bits per heavy atom. The Kier molecular flexibility index (Phi) is 4.86. The highest BCUT2D eigenvalue weighted by Crippen LogP contribution is 2.25. The number of fused-ring (bicyclic) bond motifs is 1. The summed E-state index contributed by atoms with van der Waals surface area (Å²) < 4.78 is 39.8. The fraction of sp³-hybridized carbons (Fsp3) is 0.647. The van der Waals surface area contributed by atoms with Crippen molar-refractivity contribution < 1.29 is 18.0 Å². The monoisotopic (exact) mass is 397 g/mol. The van der Waals surface area contributed by atoms with E-state index in [1.807, 2.05) is 22.4 Å². The SMILES string of the molecule is CCc1nnc2c(N3CCN(C4CCN(CC(F)(F)F)C4=O)CC3)nccn12. The Labute approximate surface area is 159 Å². The van der Waals surface area contributed by atoms with E-state index in [1.54, 1.807) is 6.20 Å². The molecule has 2 aliphatic rings. The highest BCUT2D eigenvalue weighted by atomic mass is 19.4. The van der Waals surface area contributed by atoms with Crippen LogP contribution >= 0.6 is 0 Å². The highest BCUT2D eigenvalue weighted by molar-refractivity contribution is 5.84. The minimum absolute atomic E-state index is 0.156. The number of rotatable bonds is 4. The number of hydrogen-bond acceptors (Lipinski definition) is 6. The molecule has 11 heteroatoms. The van der Waals surface area contributed by atoms with E-state index in [4.69, 9.17) is 0 Å². The third-order valence-electron chi connectivity index (χ3n) is 5.39. The zero-order valence-corrected chi connectivity index (χ0v) is 15.6. The minimum atomic E-state index is -4.36. The molecule has 4 rings (SSSR count). The summed E-state index contributed by atoms with van der Waals surface area (Å²) in [7, 11) is 0. The second-order valence-corrected chi connectivity index (χ2v) is 7.12. The Bertz CT molecular complexity index is 860. The number of likely N-dealkylation sites (tertiary alicyclic amines) is 1. The van der Waals surface area contributed by atoms with Crippen LogP contribution in [0.25, 0.3) is 5.65 Å². The van der Waals surface area contributed by atoms with Gasteiger partial charge in [0.05, 0.1) is 6.04 Å². The molecule has 0 radical (unpaired) electrons. The van der Waals surface area contributed by atoms with Crippen molar-refractivity contribution in [3.05, 3.63) is 18.2 Å². The van der Waals surface area contributed by atoms with Gasteiger partial charge in [0.2, 0.25) is 11.6 Å². The molecule has 0 N–H and O–H groups in total. The van der Waals surface area contributed by atoms with Gasteiger partial charge in [0.25, 0.3) is 0 Å². The number of carbonyl (C=O) groups excluding carboxylic acids is 1. The van der Waals surface area contributed by atoms with Crippen LogP contribution in [0.5, 0.6) is 0 Å². The molecule has 2 fully saturated rings. The molecule has 0 spiro atoms. The summed E-state index contributed by atoms with van der Waals surface area (Å²) in [6, 6.07) is -0.465. The average Bonchev–Trinajstić information content (AvgIpc) is 3.24. The van der Waals surface area contributed by atoms with E-state index in [9.17, 15) is 18.0 Å². The number of nitrogens with zero attached hydrogens (tertiary/aromatic N) is 7. The van der Waals surface area contributed by atoms with Gasteiger partial charge in [-0.05, 0) is 6.42 Å². The van der Waals surface area contributed by atoms with Crippen LogP contribution in [0.4, 0.5) is 19.0 Å². The average molecular weight is 397 g/mol. The van der Waals surface area contributed by atoms with Gasteiger partial charge >= 0.3 is 6.18 Å². The molecule has 2 aromatic rings. The van der Waals surface area contributed by atoms with Crippen LogP contribution in [0, 0.1) is 0 Å². The summed E-state index contributed by atoms with van der Waals surface area (Å²) in [5.74, 6) is 1.18. The van der Waals surface area contributed by atoms with Gasteiger partial charge in [0, 0.05) is 51.5 Å². The van der Waals surface area contributed by atoms with Gasteiger partial charge in [-0.15, -0.1) is 10.2 Å². The third-order valence-corrected chi connectivity index (χ3v) is 5.39. The molecular formula is C17H22F3N7O. The lowest BCUT2D eigenvalue weighted by molar-refractivity contribution is -0.159. The fourth-order valence-corrected chi connectivity index (χ4v) is 4.01. The number of alkyl halides is 3. The summed E-state index contributed by atoms with van der Waals surface area (Å²) in [5, 5.41) is 8.43. The predicted octanol–water partition coefficient (Wildman–Crippen LogP) is 0.972. The van der Waals surface area contributed by atoms with E-state index >= 15 is 0 Å². The Morgan fingerprint density at radius 3 is 2.57 bits per heavy atom. The van der Waals surface area contributed by atoms with Gasteiger partial charge in [0.15, 0.2) is 5.82 Å². The number of anilines is 1. The van der Waals surface area contributed by atoms with Crippen molar-refractivity contribution in [3.63, 3.8) is 0 Å². The molecular weight excluding hydrogens is 375 g/mol. The minimum Gasteiger partial charge on any atom is -0.351 e. The van der Waals surface area contributed by atoms with Gasteiger partial charge in [-0.2, -0.15) is 13.2 Å². The van der Waals surface area contributed by atoms with Crippen molar-refractivity contribution in [1.82, 2.24) is 29.4 Å². The first-order valence-corrected chi connectivity index (χ1v) is 9.40. The van der Waals surface area contributed by atoms with Crippen LogP contribution in [-0.2, 0) is 11.2 Å². The Morgan fingerprint density at radius 1 is 1.14 bits per heavy atom. The molecule has 0 bridgehead atoms. The number of halogens is 3. The van der Waals surface area contributed by atoms with Gasteiger partial charge in [0.1, 0.15) is 12.4 Å². The molecule has 2 saturated heterocycles. The Hall–Kier alpha value is -2.43. The van der Waals surface area contributed by atoms with Crippen molar-refractivity contribution in [2.45, 2.75) is 32.0 Å². The molecule has 4 heterocycles. The Balaban J connectivity index is 1.42. The molecule has 2 aromatic heterocycles. The zero-order valence-electron chi connectivity index (χ0n) is 15.6. The maximum atomic E-state index is 12.6. The number of aromatic nitrogens is 4. The van der Waals surface area contributed by atoms with Crippen LogP contribution < -0.4 is 4.90 Å². The van der Waals surface area contributed by atoms with Crippen LogP contribution in [0.3, 0.4) is 0 Å². The predicted molar refractivity (Wildman–Crippen MR) is 95.0 cm³/mol. The lowest BCUT2D eigenvalue weighted by Crippen LogP contribution is -2.53. The van der Waals surface area contributed by atoms with Gasteiger partial charge in [-0.3, -0.25) is 14.1 Å². The summed E-state index contributed by atoms with van der Waals surface area (Å²) in [5.41, 5.74) is 0.695. The number of piperazine rings is 1. The molecule has 0 aromatic carbocycles. The van der Waals surface area contributed by atoms with E-state index in [-0.39, 0.29) is 6.54 Å². The van der Waals surface area contributed by atoms with E-state index in [0.29, 0.717) is 38.2 Å². The van der Waals surface area contributed by atoms with Gasteiger partial charge in [-0.1, -0.05) is 6.92 Å². The summed E-state index contributed by atoms with van der Waals surface area (Å²) in [4.78, 5) is 21.8. The highest BCUT2D eigenvalue weighted by Gasteiger charge is 2.42. The van der Waals surface area contributed by atoms with E-state index in [1.165, 1.54) is 0 Å². The summed E-state index contributed by atoms with van der Waals surface area (Å²) in [6.07, 6.45) is 0.389. The molecule has 28 heavy (non-hydrogen) atoms. The van der Waals surface area contributed by atoms with Crippen molar-refractivity contribution in [1.29, 1.82) is 0 Å². The van der Waals surface area contributed by atoms with Gasteiger partial charge < -0.3 is 9.80 Å². The molecule has 152 valence electrons. The molecule has 1 atom stereocenters. The number of aryl methyl sites for hydroxylation is 1. The first-order valence-electron chi connectivity index (χ1n) is 9.40. The molecule has 1 unspecified atom stereocenters. The summed E-state index contributed by atoms with van der Waals surface area (Å²) in [6.45, 7) is 3.44. The van der Waals surface area contributed by atoms with Crippen molar-refractivity contribution >= 4 is 17.4 Å². The molecule has 1 amide bonds. The van der Waals surface area contributed by atoms with Crippen molar-refractivity contribution in [2.24, 2.45) is 0 Å². The van der Waals surface area contributed by atoms with Gasteiger partial charge in [-0.25, -0.2) is 4.98 Å². The number of carbonyl (C=O) groups is 1. The number of hydrogen-bond donors (Lipinski definition) is 0. The van der Waals surface area contributed by atoms with E-state index in [0.717, 1.165) is 23.0 Å². The fourth-order valence-electron chi connectivity index (χ4n) is 4.01.